The highest BCUT2D eigenvalue weighted by Crippen LogP contribution is 2.14. The molecule has 1 amide bonds. The molecule has 6 nitrogen and oxygen atoms in total. The Balaban J connectivity index is 1.81. The zero-order chi connectivity index (χ0) is 18.9. The van der Waals surface area contributed by atoms with Crippen molar-refractivity contribution in [3.8, 4) is 5.75 Å². The predicted molar refractivity (Wildman–Crippen MR) is 100 cm³/mol. The van der Waals surface area contributed by atoms with E-state index in [4.69, 9.17) is 9.15 Å². The van der Waals surface area contributed by atoms with E-state index in [0.29, 0.717) is 44.1 Å². The van der Waals surface area contributed by atoms with Crippen LogP contribution in [0.25, 0.3) is 0 Å². The van der Waals surface area contributed by atoms with E-state index in [1.807, 2.05) is 38.1 Å². The van der Waals surface area contributed by atoms with Crippen LogP contribution in [-0.2, 0) is 24.1 Å². The van der Waals surface area contributed by atoms with Gasteiger partial charge >= 0.3 is 0 Å². The zero-order valence-electron chi connectivity index (χ0n) is 15.8. The normalized spacial score (nSPS) is 10.6. The largest absolute Gasteiger partial charge is 0.497 e. The molecule has 0 unspecified atom stereocenters. The van der Waals surface area contributed by atoms with Crippen LogP contribution in [0.1, 0.15) is 37.6 Å². The van der Waals surface area contributed by atoms with Crippen LogP contribution in [0.15, 0.2) is 40.8 Å². The zero-order valence-corrected chi connectivity index (χ0v) is 15.8. The fourth-order valence-corrected chi connectivity index (χ4v) is 2.61. The summed E-state index contributed by atoms with van der Waals surface area (Å²) in [4.78, 5) is 14.0. The highest BCUT2D eigenvalue weighted by molar-refractivity contribution is 5.76. The lowest BCUT2D eigenvalue weighted by molar-refractivity contribution is -0.130. The van der Waals surface area contributed by atoms with Gasteiger partial charge in [0.05, 0.1) is 7.11 Å². The fraction of sp³-hybridized carbons (Fsp3) is 0.450. The molecule has 0 N–H and O–H groups in total. The molecule has 1 heterocycles. The Morgan fingerprint density at radius 2 is 1.81 bits per heavy atom. The van der Waals surface area contributed by atoms with Gasteiger partial charge in [0.2, 0.25) is 17.7 Å². The van der Waals surface area contributed by atoms with Crippen molar-refractivity contribution in [2.24, 2.45) is 0 Å². The van der Waals surface area contributed by atoms with Crippen molar-refractivity contribution in [3.05, 3.63) is 53.8 Å². The summed E-state index contributed by atoms with van der Waals surface area (Å²) in [6.45, 7) is 9.00. The number of benzene rings is 1. The minimum Gasteiger partial charge on any atom is -0.497 e. The number of likely N-dealkylation sites (N-methyl/N-ethyl adjacent to an activating group) is 1. The second kappa shape index (κ2) is 9.75. The van der Waals surface area contributed by atoms with Gasteiger partial charge in [-0.1, -0.05) is 24.3 Å². The first-order chi connectivity index (χ1) is 12.5. The number of nitrogens with zero attached hydrogens (tertiary/aromatic N) is 3. The summed E-state index contributed by atoms with van der Waals surface area (Å²) in [5.74, 6) is 2.02. The van der Waals surface area contributed by atoms with E-state index >= 15 is 0 Å². The van der Waals surface area contributed by atoms with Gasteiger partial charge < -0.3 is 14.1 Å². The van der Waals surface area contributed by atoms with Crippen LogP contribution in [0, 0.1) is 0 Å². The molecule has 0 bridgehead atoms. The quantitative estimate of drug-likeness (QED) is 0.611. The molecule has 1 aromatic carbocycles. The van der Waals surface area contributed by atoms with Gasteiger partial charge in [-0.15, -0.1) is 10.2 Å². The second-order valence-corrected chi connectivity index (χ2v) is 6.30. The van der Waals surface area contributed by atoms with Gasteiger partial charge in [0, 0.05) is 32.4 Å². The first-order valence-corrected chi connectivity index (χ1v) is 8.88. The number of hydrogen-bond donors (Lipinski definition) is 0. The van der Waals surface area contributed by atoms with Crippen LogP contribution in [0.3, 0.4) is 0 Å². The highest BCUT2D eigenvalue weighted by atomic mass is 16.5. The van der Waals surface area contributed by atoms with Crippen molar-refractivity contribution in [1.29, 1.82) is 0 Å². The average molecular weight is 357 g/mol. The summed E-state index contributed by atoms with van der Waals surface area (Å²) in [5.41, 5.74) is 2.15. The molecule has 0 fully saturated rings. The molecule has 2 rings (SSSR count). The molecule has 0 aliphatic carbocycles. The number of rotatable bonds is 10. The average Bonchev–Trinajstić information content (AvgIpc) is 3.10. The van der Waals surface area contributed by atoms with Crippen LogP contribution >= 0.6 is 0 Å². The molecule has 0 saturated carbocycles. The summed E-state index contributed by atoms with van der Waals surface area (Å²) in [5, 5.41) is 8.12. The van der Waals surface area contributed by atoms with E-state index < -0.39 is 0 Å². The summed E-state index contributed by atoms with van der Waals surface area (Å²) < 4.78 is 10.8. The molecule has 1 aromatic heterocycles. The van der Waals surface area contributed by atoms with Gasteiger partial charge in [0.25, 0.3) is 0 Å². The van der Waals surface area contributed by atoms with Gasteiger partial charge in [-0.25, -0.2) is 0 Å². The number of carbonyl (C=O) groups is 1. The van der Waals surface area contributed by atoms with Crippen molar-refractivity contribution < 1.29 is 13.9 Å². The highest BCUT2D eigenvalue weighted by Gasteiger charge is 2.14. The Kier molecular flexibility index (Phi) is 7.38. The van der Waals surface area contributed by atoms with Crippen LogP contribution in [0.4, 0.5) is 0 Å². The Labute approximate surface area is 154 Å². The van der Waals surface area contributed by atoms with E-state index in [-0.39, 0.29) is 5.91 Å². The first-order valence-electron chi connectivity index (χ1n) is 8.88. The van der Waals surface area contributed by atoms with E-state index in [0.717, 1.165) is 17.7 Å². The lowest BCUT2D eigenvalue weighted by atomic mass is 10.1. The molecular weight excluding hydrogens is 330 g/mol. The van der Waals surface area contributed by atoms with Crippen LogP contribution in [0.5, 0.6) is 5.75 Å². The minimum atomic E-state index is 0.0773. The van der Waals surface area contributed by atoms with E-state index in [1.54, 1.807) is 12.0 Å². The van der Waals surface area contributed by atoms with Crippen molar-refractivity contribution in [1.82, 2.24) is 15.1 Å². The van der Waals surface area contributed by atoms with E-state index in [9.17, 15) is 4.79 Å². The fourth-order valence-electron chi connectivity index (χ4n) is 2.61. The maximum Gasteiger partial charge on any atom is 0.223 e. The summed E-state index contributed by atoms with van der Waals surface area (Å²) in [7, 11) is 1.65. The third-order valence-corrected chi connectivity index (χ3v) is 4.04. The number of aromatic nitrogens is 2. The number of carbonyl (C=O) groups excluding carboxylic acids is 1. The molecular formula is C20H27N3O3. The maximum absolute atomic E-state index is 12.2. The standard InChI is InChI=1S/C20H27N3O3/c1-5-23(14-15(2)3)20(24)13-12-19-22-21-18(26-19)11-8-16-6-9-17(25-4)10-7-16/h6-7,9-10H,2,5,8,11-14H2,1,3-4H3. The molecule has 140 valence electrons. The molecule has 2 aromatic rings. The van der Waals surface area contributed by atoms with Crippen molar-refractivity contribution in [2.45, 2.75) is 39.5 Å². The number of amides is 1. The van der Waals surface area contributed by atoms with E-state index in [1.165, 1.54) is 5.56 Å². The van der Waals surface area contributed by atoms with Gasteiger partial charge in [-0.2, -0.15) is 0 Å². The number of ether oxygens (including phenoxy) is 1. The van der Waals surface area contributed by atoms with Crippen LogP contribution < -0.4 is 4.74 Å². The van der Waals surface area contributed by atoms with Crippen molar-refractivity contribution in [2.75, 3.05) is 20.2 Å². The van der Waals surface area contributed by atoms with Crippen LogP contribution in [-0.4, -0.2) is 41.2 Å². The minimum absolute atomic E-state index is 0.0773. The monoisotopic (exact) mass is 357 g/mol. The Morgan fingerprint density at radius 1 is 1.15 bits per heavy atom. The molecule has 0 radical (unpaired) electrons. The van der Waals surface area contributed by atoms with Crippen molar-refractivity contribution >= 4 is 5.91 Å². The van der Waals surface area contributed by atoms with Gasteiger partial charge in [0.1, 0.15) is 5.75 Å². The second-order valence-electron chi connectivity index (χ2n) is 6.30. The summed E-state index contributed by atoms with van der Waals surface area (Å²) in [6, 6.07) is 7.92. The van der Waals surface area contributed by atoms with E-state index in [2.05, 4.69) is 16.8 Å². The Hall–Kier alpha value is -2.63. The molecule has 26 heavy (non-hydrogen) atoms. The lowest BCUT2D eigenvalue weighted by Gasteiger charge is -2.20. The SMILES string of the molecule is C=C(C)CN(CC)C(=O)CCc1nnc(CCc2ccc(OC)cc2)o1. The van der Waals surface area contributed by atoms with Gasteiger partial charge in [-0.3, -0.25) is 4.79 Å². The maximum atomic E-state index is 12.2. The summed E-state index contributed by atoms with van der Waals surface area (Å²) in [6.07, 6.45) is 2.30. The number of methoxy groups -OCH3 is 1. The smallest absolute Gasteiger partial charge is 0.223 e. The molecule has 0 aliphatic rings. The van der Waals surface area contributed by atoms with Gasteiger partial charge in [-0.05, 0) is 38.0 Å². The van der Waals surface area contributed by atoms with Gasteiger partial charge in [0.15, 0.2) is 0 Å². The topological polar surface area (TPSA) is 68.5 Å². The van der Waals surface area contributed by atoms with Crippen molar-refractivity contribution in [3.63, 3.8) is 0 Å². The number of aryl methyl sites for hydroxylation is 3. The van der Waals surface area contributed by atoms with Crippen LogP contribution in [0.2, 0.25) is 0 Å². The molecule has 0 atom stereocenters. The Morgan fingerprint density at radius 3 is 2.38 bits per heavy atom. The predicted octanol–water partition coefficient (Wildman–Crippen LogP) is 3.22. The molecule has 0 aliphatic heterocycles. The molecule has 0 spiro atoms. The third-order valence-electron chi connectivity index (χ3n) is 4.04. The Bertz CT molecular complexity index is 722. The first kappa shape index (κ1) is 19.7. The molecule has 6 heteroatoms. The lowest BCUT2D eigenvalue weighted by Crippen LogP contribution is -2.32. The molecule has 0 saturated heterocycles. The third kappa shape index (κ3) is 6.02. The summed E-state index contributed by atoms with van der Waals surface area (Å²) >= 11 is 0. The number of hydrogen-bond acceptors (Lipinski definition) is 5.